The molecule has 92 valence electrons. The number of carbonyl (C=O) groups is 3. The standard InChI is InChI=1S/C9H16N2O5/c10-6(9(15)16)3-1-2-4-11-7(12)5-8(13)14/h6H,1-5,10H2,(H,11,12)(H,13,14)(H,15,16)/t6-/m0/s1/i1D2,2D2. The molecule has 0 unspecified atom stereocenters. The van der Waals surface area contributed by atoms with Gasteiger partial charge in [0.15, 0.2) is 0 Å². The van der Waals surface area contributed by atoms with Crippen LogP contribution >= 0.6 is 0 Å². The lowest BCUT2D eigenvalue weighted by molar-refractivity contribution is -0.141. The highest BCUT2D eigenvalue weighted by atomic mass is 16.4. The minimum Gasteiger partial charge on any atom is -0.481 e. The fourth-order valence-electron chi connectivity index (χ4n) is 0.675. The summed E-state index contributed by atoms with van der Waals surface area (Å²) >= 11 is 0. The first-order valence-corrected chi connectivity index (χ1v) is 4.36. The molecule has 0 rings (SSSR count). The number of aliphatic carboxylic acids is 2. The van der Waals surface area contributed by atoms with Gasteiger partial charge >= 0.3 is 11.9 Å². The number of carbonyl (C=O) groups excluding carboxylic acids is 1. The molecule has 16 heavy (non-hydrogen) atoms. The van der Waals surface area contributed by atoms with Gasteiger partial charge in [-0.3, -0.25) is 14.4 Å². The first-order valence-electron chi connectivity index (χ1n) is 6.36. The van der Waals surface area contributed by atoms with Crippen molar-refractivity contribution in [3.05, 3.63) is 0 Å². The summed E-state index contributed by atoms with van der Waals surface area (Å²) in [5, 5.41) is 18.9. The van der Waals surface area contributed by atoms with Crippen molar-refractivity contribution in [2.75, 3.05) is 6.54 Å². The molecule has 0 heterocycles. The number of hydrogen-bond acceptors (Lipinski definition) is 4. The van der Waals surface area contributed by atoms with Crippen molar-refractivity contribution in [3.63, 3.8) is 0 Å². The van der Waals surface area contributed by atoms with E-state index in [1.165, 1.54) is 0 Å². The van der Waals surface area contributed by atoms with Gasteiger partial charge in [-0.05, 0) is 19.2 Å². The molecule has 0 aliphatic carbocycles. The monoisotopic (exact) mass is 236 g/mol. The summed E-state index contributed by atoms with van der Waals surface area (Å²) in [7, 11) is 0. The summed E-state index contributed by atoms with van der Waals surface area (Å²) in [5.74, 6) is -3.85. The van der Waals surface area contributed by atoms with E-state index in [1.54, 1.807) is 0 Å². The average molecular weight is 236 g/mol. The predicted molar refractivity (Wildman–Crippen MR) is 54.7 cm³/mol. The van der Waals surface area contributed by atoms with Crippen molar-refractivity contribution in [1.82, 2.24) is 5.32 Å². The molecule has 0 saturated carbocycles. The molecule has 0 saturated heterocycles. The van der Waals surface area contributed by atoms with Crippen LogP contribution in [0.25, 0.3) is 0 Å². The minimum absolute atomic E-state index is 0.788. The minimum atomic E-state index is -2.61. The van der Waals surface area contributed by atoms with Gasteiger partial charge in [0.05, 0.1) is 0 Å². The van der Waals surface area contributed by atoms with Crippen molar-refractivity contribution in [2.45, 2.75) is 31.6 Å². The Morgan fingerprint density at radius 2 is 1.94 bits per heavy atom. The molecule has 0 aromatic carbocycles. The van der Waals surface area contributed by atoms with E-state index in [0.717, 1.165) is 0 Å². The lowest BCUT2D eigenvalue weighted by Crippen LogP contribution is -2.30. The second-order valence-electron chi connectivity index (χ2n) is 2.85. The Balaban J connectivity index is 4.64. The number of rotatable bonds is 8. The first kappa shape index (κ1) is 8.51. The molecule has 0 radical (unpaired) electrons. The zero-order valence-corrected chi connectivity index (χ0v) is 8.40. The normalized spacial score (nSPS) is 17.3. The molecular formula is C9H16N2O5. The van der Waals surface area contributed by atoms with E-state index in [9.17, 15) is 14.4 Å². The van der Waals surface area contributed by atoms with Crippen LogP contribution in [0.4, 0.5) is 0 Å². The maximum Gasteiger partial charge on any atom is 0.320 e. The highest BCUT2D eigenvalue weighted by molar-refractivity contribution is 5.93. The van der Waals surface area contributed by atoms with E-state index in [-0.39, 0.29) is 0 Å². The highest BCUT2D eigenvalue weighted by Crippen LogP contribution is 1.98. The maximum atomic E-state index is 11.1. The van der Waals surface area contributed by atoms with Crippen LogP contribution in [0.1, 0.15) is 31.1 Å². The van der Waals surface area contributed by atoms with Crippen LogP contribution in [0.3, 0.4) is 0 Å². The van der Waals surface area contributed by atoms with Gasteiger partial charge in [-0.2, -0.15) is 0 Å². The fraction of sp³-hybridized carbons (Fsp3) is 0.667. The van der Waals surface area contributed by atoms with Crippen LogP contribution in [0.2, 0.25) is 0 Å². The quantitative estimate of drug-likeness (QED) is 0.406. The number of nitrogens with two attached hydrogens (primary N) is 1. The third-order valence-electron chi connectivity index (χ3n) is 1.45. The van der Waals surface area contributed by atoms with Crippen LogP contribution in [-0.4, -0.2) is 40.6 Å². The number of nitrogens with one attached hydrogen (secondary N) is 1. The van der Waals surface area contributed by atoms with Crippen LogP contribution in [0.5, 0.6) is 0 Å². The molecule has 0 fully saturated rings. The Kier molecular flexibility index (Phi) is 4.06. The smallest absolute Gasteiger partial charge is 0.320 e. The summed E-state index contributed by atoms with van der Waals surface area (Å²) < 4.78 is 30.1. The third-order valence-corrected chi connectivity index (χ3v) is 1.45. The Labute approximate surface area is 98.2 Å². The molecule has 7 nitrogen and oxygen atoms in total. The number of hydrogen-bond donors (Lipinski definition) is 4. The third kappa shape index (κ3) is 7.74. The Morgan fingerprint density at radius 3 is 2.44 bits per heavy atom. The van der Waals surface area contributed by atoms with Gasteiger partial charge in [0.2, 0.25) is 5.91 Å². The first-order chi connectivity index (χ1) is 8.89. The van der Waals surface area contributed by atoms with Gasteiger partial charge in [0.1, 0.15) is 12.5 Å². The van der Waals surface area contributed by atoms with Crippen molar-refractivity contribution in [1.29, 1.82) is 0 Å². The molecule has 0 aliphatic heterocycles. The van der Waals surface area contributed by atoms with E-state index in [4.69, 9.17) is 21.4 Å². The van der Waals surface area contributed by atoms with E-state index in [0.29, 0.717) is 0 Å². The average Bonchev–Trinajstić information content (AvgIpc) is 2.24. The van der Waals surface area contributed by atoms with Crippen LogP contribution in [0.15, 0.2) is 0 Å². The van der Waals surface area contributed by atoms with Crippen molar-refractivity contribution in [3.8, 4) is 0 Å². The van der Waals surface area contributed by atoms with Crippen LogP contribution in [0, 0.1) is 0 Å². The van der Waals surface area contributed by atoms with Crippen molar-refractivity contribution in [2.24, 2.45) is 5.73 Å². The molecular weight excluding hydrogens is 216 g/mol. The SMILES string of the molecule is [2H]C([2H])(CNC(=O)CC(=O)O)C([2H])([2H])C[C@H](N)C(=O)O. The molecule has 0 bridgehead atoms. The zero-order chi connectivity index (χ0) is 16.1. The summed E-state index contributed by atoms with van der Waals surface area (Å²) in [4.78, 5) is 31.8. The van der Waals surface area contributed by atoms with E-state index >= 15 is 0 Å². The molecule has 0 aromatic heterocycles. The zero-order valence-electron chi connectivity index (χ0n) is 12.4. The Hall–Kier alpha value is -1.63. The largest absolute Gasteiger partial charge is 0.481 e. The van der Waals surface area contributed by atoms with Crippen LogP contribution in [-0.2, 0) is 14.4 Å². The van der Waals surface area contributed by atoms with E-state index in [1.807, 2.05) is 5.32 Å². The summed E-state index contributed by atoms with van der Waals surface area (Å²) in [6.07, 6.45) is -6.87. The molecule has 1 atom stereocenters. The van der Waals surface area contributed by atoms with E-state index < -0.39 is 56.0 Å². The second-order valence-corrected chi connectivity index (χ2v) is 2.85. The lowest BCUT2D eigenvalue weighted by atomic mass is 10.1. The molecule has 5 N–H and O–H groups in total. The Bertz CT molecular complexity index is 402. The van der Waals surface area contributed by atoms with Crippen LogP contribution < -0.4 is 11.1 Å². The highest BCUT2D eigenvalue weighted by Gasteiger charge is 2.10. The van der Waals surface area contributed by atoms with Crippen molar-refractivity contribution >= 4 is 17.8 Å². The summed E-state index contributed by atoms with van der Waals surface area (Å²) in [5.41, 5.74) is 5.15. The summed E-state index contributed by atoms with van der Waals surface area (Å²) in [6.45, 7) is -0.793. The molecule has 0 aromatic rings. The molecule has 1 amide bonds. The van der Waals surface area contributed by atoms with Gasteiger partial charge in [0.25, 0.3) is 0 Å². The van der Waals surface area contributed by atoms with Gasteiger partial charge in [-0.1, -0.05) is 0 Å². The predicted octanol–water partition coefficient (Wildman–Crippen LogP) is -0.840. The van der Waals surface area contributed by atoms with Gasteiger partial charge in [-0.15, -0.1) is 0 Å². The van der Waals surface area contributed by atoms with Crippen molar-refractivity contribution < 1.29 is 30.1 Å². The second kappa shape index (κ2) is 7.63. The Morgan fingerprint density at radius 1 is 1.31 bits per heavy atom. The topological polar surface area (TPSA) is 130 Å². The molecule has 0 aliphatic rings. The van der Waals surface area contributed by atoms with E-state index in [2.05, 4.69) is 0 Å². The number of carboxylic acid groups (broad SMARTS) is 2. The van der Waals surface area contributed by atoms with Gasteiger partial charge < -0.3 is 21.3 Å². The summed E-state index contributed by atoms with van der Waals surface area (Å²) in [6, 6.07) is -1.59. The molecule has 0 spiro atoms. The fourth-order valence-corrected chi connectivity index (χ4v) is 0.675. The molecule has 7 heteroatoms. The van der Waals surface area contributed by atoms with Gasteiger partial charge in [-0.25, -0.2) is 0 Å². The lowest BCUT2D eigenvalue weighted by Gasteiger charge is -2.06. The number of amides is 1. The number of carboxylic acids is 2. The van der Waals surface area contributed by atoms with Gasteiger partial charge in [0, 0.05) is 12.0 Å². The maximum absolute atomic E-state index is 11.1.